The topological polar surface area (TPSA) is 26.3 Å². The molecule has 0 saturated heterocycles. The van der Waals surface area contributed by atoms with Crippen LogP contribution in [-0.4, -0.2) is 12.4 Å². The van der Waals surface area contributed by atoms with Gasteiger partial charge >= 0.3 is 0 Å². The van der Waals surface area contributed by atoms with Crippen LogP contribution in [0, 0.1) is 0 Å². The molecule has 1 aliphatic rings. The third kappa shape index (κ3) is 3.89. The van der Waals surface area contributed by atoms with Gasteiger partial charge in [0.15, 0.2) is 5.78 Å². The van der Waals surface area contributed by atoms with E-state index in [1.165, 1.54) is 24.0 Å². The highest BCUT2D eigenvalue weighted by molar-refractivity contribution is 6.07. The van der Waals surface area contributed by atoms with Crippen LogP contribution in [0.2, 0.25) is 0 Å². The zero-order chi connectivity index (χ0) is 16.1. The smallest absolute Gasteiger partial charge is 0.185 e. The average molecular weight is 306 g/mol. The van der Waals surface area contributed by atoms with Gasteiger partial charge in [-0.3, -0.25) is 4.79 Å². The molecule has 0 bridgehead atoms. The van der Waals surface area contributed by atoms with E-state index in [-0.39, 0.29) is 5.78 Å². The zero-order valence-electron chi connectivity index (χ0n) is 13.5. The van der Waals surface area contributed by atoms with Gasteiger partial charge in [0.1, 0.15) is 5.75 Å². The summed E-state index contributed by atoms with van der Waals surface area (Å²) in [5, 5.41) is 0. The zero-order valence-corrected chi connectivity index (χ0v) is 13.5. The molecule has 0 fully saturated rings. The van der Waals surface area contributed by atoms with Crippen LogP contribution in [0.3, 0.4) is 0 Å². The minimum atomic E-state index is 0.0623. The highest BCUT2D eigenvalue weighted by Crippen LogP contribution is 2.22. The van der Waals surface area contributed by atoms with Crippen LogP contribution in [-0.2, 0) is 12.8 Å². The lowest BCUT2D eigenvalue weighted by Crippen LogP contribution is -2.05. The molecule has 2 heteroatoms. The Hall–Kier alpha value is -2.35. The minimum absolute atomic E-state index is 0.0623. The SMILES string of the molecule is CCOc1ccc(/C=C/C(=O)c2ccc3c(c2)CCCC3)cc1. The summed E-state index contributed by atoms with van der Waals surface area (Å²) >= 11 is 0. The first-order valence-electron chi connectivity index (χ1n) is 8.33. The van der Waals surface area contributed by atoms with E-state index < -0.39 is 0 Å². The standard InChI is InChI=1S/C21H22O2/c1-2-23-20-12-7-16(8-13-20)9-14-21(22)19-11-10-17-5-3-4-6-18(17)15-19/h7-15H,2-6H2,1H3/b14-9+. The number of ether oxygens (including phenoxy) is 1. The third-order valence-electron chi connectivity index (χ3n) is 4.25. The molecule has 2 aromatic carbocycles. The fourth-order valence-corrected chi connectivity index (χ4v) is 3.00. The van der Waals surface area contributed by atoms with Gasteiger partial charge in [0.05, 0.1) is 6.61 Å². The van der Waals surface area contributed by atoms with Gasteiger partial charge in [-0.1, -0.05) is 30.3 Å². The molecule has 2 nitrogen and oxygen atoms in total. The molecule has 0 unspecified atom stereocenters. The Morgan fingerprint density at radius 3 is 2.52 bits per heavy atom. The number of carbonyl (C=O) groups is 1. The molecular formula is C21H22O2. The monoisotopic (exact) mass is 306 g/mol. The lowest BCUT2D eigenvalue weighted by Gasteiger charge is -2.15. The number of rotatable bonds is 5. The quantitative estimate of drug-likeness (QED) is 0.582. The summed E-state index contributed by atoms with van der Waals surface area (Å²) in [4.78, 5) is 12.4. The third-order valence-corrected chi connectivity index (χ3v) is 4.25. The van der Waals surface area contributed by atoms with Crippen LogP contribution in [0.5, 0.6) is 5.75 Å². The largest absolute Gasteiger partial charge is 0.494 e. The molecule has 23 heavy (non-hydrogen) atoms. The van der Waals surface area contributed by atoms with E-state index in [4.69, 9.17) is 4.74 Å². The number of carbonyl (C=O) groups excluding carboxylic acids is 1. The maximum Gasteiger partial charge on any atom is 0.185 e. The summed E-state index contributed by atoms with van der Waals surface area (Å²) in [5.41, 5.74) is 4.53. The number of hydrogen-bond acceptors (Lipinski definition) is 2. The van der Waals surface area contributed by atoms with Gasteiger partial charge in [0.2, 0.25) is 0 Å². The minimum Gasteiger partial charge on any atom is -0.494 e. The van der Waals surface area contributed by atoms with Crippen molar-refractivity contribution in [1.82, 2.24) is 0 Å². The van der Waals surface area contributed by atoms with Crippen LogP contribution in [0.25, 0.3) is 6.08 Å². The fraction of sp³-hybridized carbons (Fsp3) is 0.286. The lowest BCUT2D eigenvalue weighted by atomic mass is 9.90. The first kappa shape index (κ1) is 15.5. The van der Waals surface area contributed by atoms with Crippen molar-refractivity contribution in [3.63, 3.8) is 0 Å². The molecule has 0 saturated carbocycles. The maximum absolute atomic E-state index is 12.4. The molecule has 0 atom stereocenters. The van der Waals surface area contributed by atoms with Gasteiger partial charge < -0.3 is 4.74 Å². The number of fused-ring (bicyclic) bond motifs is 1. The van der Waals surface area contributed by atoms with Crippen molar-refractivity contribution in [2.75, 3.05) is 6.61 Å². The fourth-order valence-electron chi connectivity index (χ4n) is 3.00. The van der Waals surface area contributed by atoms with Gasteiger partial charge in [0, 0.05) is 5.56 Å². The second kappa shape index (κ2) is 7.28. The molecule has 0 aromatic heterocycles. The van der Waals surface area contributed by atoms with Crippen molar-refractivity contribution in [2.45, 2.75) is 32.6 Å². The highest BCUT2D eigenvalue weighted by atomic mass is 16.5. The normalized spacial score (nSPS) is 13.8. The van der Waals surface area contributed by atoms with Crippen molar-refractivity contribution < 1.29 is 9.53 Å². The van der Waals surface area contributed by atoms with Crippen LogP contribution in [0.15, 0.2) is 48.5 Å². The molecular weight excluding hydrogens is 284 g/mol. The Balaban J connectivity index is 1.70. The van der Waals surface area contributed by atoms with Crippen molar-refractivity contribution in [2.24, 2.45) is 0 Å². The Morgan fingerprint density at radius 1 is 1.04 bits per heavy atom. The van der Waals surface area contributed by atoms with Crippen molar-refractivity contribution in [3.8, 4) is 5.75 Å². The van der Waals surface area contributed by atoms with Gasteiger partial charge in [-0.2, -0.15) is 0 Å². The second-order valence-electron chi connectivity index (χ2n) is 5.89. The first-order valence-corrected chi connectivity index (χ1v) is 8.33. The van der Waals surface area contributed by atoms with Gasteiger partial charge in [-0.05, 0) is 73.6 Å². The number of allylic oxidation sites excluding steroid dienone is 1. The van der Waals surface area contributed by atoms with Gasteiger partial charge in [0.25, 0.3) is 0 Å². The molecule has 0 N–H and O–H groups in total. The molecule has 0 aliphatic heterocycles. The molecule has 0 heterocycles. The van der Waals surface area contributed by atoms with Crippen LogP contribution >= 0.6 is 0 Å². The number of benzene rings is 2. The van der Waals surface area contributed by atoms with Crippen molar-refractivity contribution >= 4 is 11.9 Å². The van der Waals surface area contributed by atoms with Crippen LogP contribution in [0.4, 0.5) is 0 Å². The van der Waals surface area contributed by atoms with Crippen molar-refractivity contribution in [1.29, 1.82) is 0 Å². The van der Waals surface area contributed by atoms with E-state index in [0.717, 1.165) is 29.7 Å². The molecule has 2 aromatic rings. The first-order chi connectivity index (χ1) is 11.3. The summed E-state index contributed by atoms with van der Waals surface area (Å²) in [6, 6.07) is 13.9. The highest BCUT2D eigenvalue weighted by Gasteiger charge is 2.11. The van der Waals surface area contributed by atoms with Crippen molar-refractivity contribution in [3.05, 3.63) is 70.8 Å². The Kier molecular flexibility index (Phi) is 4.92. The summed E-state index contributed by atoms with van der Waals surface area (Å²) < 4.78 is 5.42. The van der Waals surface area contributed by atoms with Gasteiger partial charge in [-0.15, -0.1) is 0 Å². The average Bonchev–Trinajstić information content (AvgIpc) is 2.60. The van der Waals surface area contributed by atoms with E-state index in [1.54, 1.807) is 6.08 Å². The maximum atomic E-state index is 12.4. The summed E-state index contributed by atoms with van der Waals surface area (Å²) in [7, 11) is 0. The molecule has 3 rings (SSSR count). The van der Waals surface area contributed by atoms with Gasteiger partial charge in [-0.25, -0.2) is 0 Å². The molecule has 0 amide bonds. The van der Waals surface area contributed by atoms with Crippen LogP contribution in [0.1, 0.15) is 46.8 Å². The summed E-state index contributed by atoms with van der Waals surface area (Å²) in [6.07, 6.45) is 8.24. The molecule has 118 valence electrons. The summed E-state index contributed by atoms with van der Waals surface area (Å²) in [5.74, 6) is 0.915. The predicted molar refractivity (Wildman–Crippen MR) is 94.1 cm³/mol. The number of aryl methyl sites for hydroxylation is 2. The van der Waals surface area contributed by atoms with E-state index in [1.807, 2.05) is 43.3 Å². The van der Waals surface area contributed by atoms with Crippen LogP contribution < -0.4 is 4.74 Å². The predicted octanol–water partition coefficient (Wildman–Crippen LogP) is 4.86. The second-order valence-corrected chi connectivity index (χ2v) is 5.89. The van der Waals surface area contributed by atoms with E-state index >= 15 is 0 Å². The summed E-state index contributed by atoms with van der Waals surface area (Å²) in [6.45, 7) is 2.62. The number of ketones is 1. The van der Waals surface area contributed by atoms with E-state index in [9.17, 15) is 4.79 Å². The Bertz CT molecular complexity index is 711. The lowest BCUT2D eigenvalue weighted by molar-refractivity contribution is 0.104. The molecule has 0 radical (unpaired) electrons. The number of hydrogen-bond donors (Lipinski definition) is 0. The van der Waals surface area contributed by atoms with E-state index in [0.29, 0.717) is 6.61 Å². The molecule has 0 spiro atoms. The molecule has 1 aliphatic carbocycles. The Labute approximate surface area is 137 Å². The Morgan fingerprint density at radius 2 is 1.78 bits per heavy atom. The van der Waals surface area contributed by atoms with E-state index in [2.05, 4.69) is 12.1 Å².